The highest BCUT2D eigenvalue weighted by Crippen LogP contribution is 2.35. The molecule has 0 unspecified atom stereocenters. The Balaban J connectivity index is 2.94. The Labute approximate surface area is 274 Å². The average Bonchev–Trinajstić information content (AvgIpc) is 2.91. The van der Waals surface area contributed by atoms with E-state index in [1.54, 1.807) is 0 Å². The molecule has 2 saturated heterocycles. The van der Waals surface area contributed by atoms with Gasteiger partial charge in [0.2, 0.25) is 12.4 Å². The Morgan fingerprint density at radius 1 is 0.426 bits per heavy atom. The fourth-order valence-corrected chi connectivity index (χ4v) is 4.37. The maximum Gasteiger partial charge on any atom is 0.305 e. The maximum absolute atomic E-state index is 12.4. The molecule has 0 aromatic heterocycles. The van der Waals surface area contributed by atoms with E-state index in [-0.39, 0.29) is 0 Å². The normalized spacial score (nSPS) is 31.9. The number of esters is 8. The molecule has 0 aliphatic carbocycles. The molecule has 0 saturated carbocycles. The molecule has 47 heavy (non-hydrogen) atoms. The molecular formula is C28H38O19. The monoisotopic (exact) mass is 682 g/mol. The number of hydrogen-bond donors (Lipinski definition) is 0. The van der Waals surface area contributed by atoms with Gasteiger partial charge >= 0.3 is 47.8 Å². The summed E-state index contributed by atoms with van der Waals surface area (Å²) in [5.41, 5.74) is 0. The SMILES string of the molecule is [2H]C([2H])(OC(C)=O)[C@H]1O[C@H](O[C@@H]2[C@H](OC(C)=O)[C@@H](OC(C)=O)[C@@H](OC(C)=O)O[C@@H]2C([2H])([2H])OC(C)=O)[C@H](OC(C)=O)[C@@H](OC(C)=O)[C@H]1OC(C)=O. The summed E-state index contributed by atoms with van der Waals surface area (Å²) in [4.78, 5) is 97.3. The molecule has 0 N–H and O–H groups in total. The summed E-state index contributed by atoms with van der Waals surface area (Å²) in [7, 11) is 0. The lowest BCUT2D eigenvalue weighted by Crippen LogP contribution is -2.67. The molecule has 2 heterocycles. The summed E-state index contributed by atoms with van der Waals surface area (Å²) in [5.74, 6) is -9.02. The first-order valence-electron chi connectivity index (χ1n) is 15.7. The van der Waals surface area contributed by atoms with Crippen LogP contribution in [0.2, 0.25) is 0 Å². The number of ether oxygens (including phenoxy) is 11. The zero-order chi connectivity index (χ0) is 39.2. The lowest BCUT2D eigenvalue weighted by molar-refractivity contribution is -0.357. The van der Waals surface area contributed by atoms with Gasteiger partial charge in [0.05, 0.1) is 5.48 Å². The van der Waals surface area contributed by atoms with E-state index < -0.39 is 122 Å². The third-order valence-electron chi connectivity index (χ3n) is 5.71. The topological polar surface area (TPSA) is 238 Å². The quantitative estimate of drug-likeness (QED) is 0.180. The van der Waals surface area contributed by atoms with Gasteiger partial charge in [0.25, 0.3) is 0 Å². The van der Waals surface area contributed by atoms with Gasteiger partial charge in [0.15, 0.2) is 30.7 Å². The standard InChI is InChI=1S/C28H38O19/c1-11(29)37-9-19-21(39-13(3)31)23(40-14(4)32)26(43-17(7)35)28(46-19)47-22-20(10-38-12(2)30)45-27(44-18(8)36)25(42-16(6)34)24(22)41-15(5)33/h19-28H,9-10H2,1-8H3/t19-,20-,21+,22+,23+,24+,25-,26-,27+,28-/m1/s1/i9D2,10D2. The second kappa shape index (κ2) is 17.5. The first kappa shape index (κ1) is 32.6. The summed E-state index contributed by atoms with van der Waals surface area (Å²) >= 11 is 0. The van der Waals surface area contributed by atoms with Crippen LogP contribution in [-0.2, 0) is 90.5 Å². The summed E-state index contributed by atoms with van der Waals surface area (Å²) < 4.78 is 92.3. The van der Waals surface area contributed by atoms with Crippen LogP contribution in [0.5, 0.6) is 0 Å². The van der Waals surface area contributed by atoms with Gasteiger partial charge in [-0.25, -0.2) is 0 Å². The highest BCUT2D eigenvalue weighted by atomic mass is 16.8. The van der Waals surface area contributed by atoms with E-state index in [0.29, 0.717) is 0 Å². The van der Waals surface area contributed by atoms with Crippen LogP contribution < -0.4 is 0 Å². The fourth-order valence-electron chi connectivity index (χ4n) is 4.37. The van der Waals surface area contributed by atoms with E-state index in [1.165, 1.54) is 0 Å². The Kier molecular flexibility index (Phi) is 12.1. The zero-order valence-corrected chi connectivity index (χ0v) is 26.5. The molecule has 0 spiro atoms. The molecule has 0 bridgehead atoms. The molecule has 0 aromatic rings. The number of hydrogen-bond acceptors (Lipinski definition) is 19. The number of carbonyl (C=O) groups is 8. The molecule has 264 valence electrons. The van der Waals surface area contributed by atoms with Gasteiger partial charge in [-0.3, -0.25) is 38.4 Å². The van der Waals surface area contributed by atoms with Crippen molar-refractivity contribution in [2.45, 2.75) is 117 Å². The molecule has 0 amide bonds. The van der Waals surface area contributed by atoms with Crippen molar-refractivity contribution < 1.29 is 95.9 Å². The molecule has 10 atom stereocenters. The molecule has 2 rings (SSSR count). The van der Waals surface area contributed by atoms with E-state index in [2.05, 4.69) is 0 Å². The van der Waals surface area contributed by atoms with Crippen LogP contribution in [0.4, 0.5) is 0 Å². The summed E-state index contributed by atoms with van der Waals surface area (Å²) in [5, 5.41) is 0. The first-order valence-corrected chi connectivity index (χ1v) is 13.7. The van der Waals surface area contributed by atoms with Gasteiger partial charge in [-0.2, -0.15) is 0 Å². The van der Waals surface area contributed by atoms with Crippen LogP contribution in [0, 0.1) is 0 Å². The molecule has 19 heteroatoms. The highest BCUT2D eigenvalue weighted by Gasteiger charge is 2.58. The number of carbonyl (C=O) groups excluding carboxylic acids is 8. The van der Waals surface area contributed by atoms with E-state index in [1.807, 2.05) is 0 Å². The van der Waals surface area contributed by atoms with Crippen LogP contribution in [0.25, 0.3) is 0 Å². The summed E-state index contributed by atoms with van der Waals surface area (Å²) in [6.07, 6.45) is -21.3. The van der Waals surface area contributed by atoms with Crippen molar-refractivity contribution in [2.24, 2.45) is 0 Å². The Hall–Kier alpha value is -4.36. The Morgan fingerprint density at radius 2 is 0.745 bits per heavy atom. The van der Waals surface area contributed by atoms with Crippen molar-refractivity contribution in [2.75, 3.05) is 13.1 Å². The molecule has 0 radical (unpaired) electrons. The first-order chi connectivity index (χ1) is 23.4. The van der Waals surface area contributed by atoms with Crippen LogP contribution in [0.1, 0.15) is 60.9 Å². The lowest BCUT2D eigenvalue weighted by Gasteiger charge is -2.48. The van der Waals surface area contributed by atoms with E-state index in [4.69, 9.17) is 57.6 Å². The van der Waals surface area contributed by atoms with Gasteiger partial charge in [-0.1, -0.05) is 0 Å². The van der Waals surface area contributed by atoms with Crippen molar-refractivity contribution >= 4 is 47.8 Å². The third kappa shape index (κ3) is 12.1. The molecule has 0 aromatic carbocycles. The predicted octanol–water partition coefficient (Wildman–Crippen LogP) is -0.831. The predicted molar refractivity (Wildman–Crippen MR) is 145 cm³/mol. The van der Waals surface area contributed by atoms with Gasteiger partial charge in [0, 0.05) is 55.4 Å². The van der Waals surface area contributed by atoms with Crippen LogP contribution >= 0.6 is 0 Å². The third-order valence-corrected chi connectivity index (χ3v) is 5.71. The molecule has 2 aliphatic rings. The van der Waals surface area contributed by atoms with Gasteiger partial charge in [-0.15, -0.1) is 0 Å². The van der Waals surface area contributed by atoms with Crippen LogP contribution in [0.15, 0.2) is 0 Å². The van der Waals surface area contributed by atoms with Gasteiger partial charge in [0.1, 0.15) is 31.4 Å². The van der Waals surface area contributed by atoms with Crippen LogP contribution in [0.3, 0.4) is 0 Å². The molecular weight excluding hydrogens is 640 g/mol. The Morgan fingerprint density at radius 3 is 1.15 bits per heavy atom. The van der Waals surface area contributed by atoms with Gasteiger partial charge < -0.3 is 52.1 Å². The Bertz CT molecular complexity index is 1370. The minimum Gasteiger partial charge on any atom is -0.463 e. The molecule has 19 nitrogen and oxygen atoms in total. The lowest BCUT2D eigenvalue weighted by atomic mass is 9.96. The van der Waals surface area contributed by atoms with E-state index >= 15 is 0 Å². The van der Waals surface area contributed by atoms with Crippen LogP contribution in [-0.4, -0.2) is 122 Å². The largest absolute Gasteiger partial charge is 0.463 e. The van der Waals surface area contributed by atoms with Crippen molar-refractivity contribution in [3.05, 3.63) is 0 Å². The minimum absolute atomic E-state index is 0.812. The van der Waals surface area contributed by atoms with Crippen molar-refractivity contribution in [3.63, 3.8) is 0 Å². The van der Waals surface area contributed by atoms with Crippen molar-refractivity contribution in [3.8, 4) is 0 Å². The second-order valence-corrected chi connectivity index (χ2v) is 9.85. The fraction of sp³-hybridized carbons (Fsp3) is 0.714. The van der Waals surface area contributed by atoms with Gasteiger partial charge in [-0.05, 0) is 0 Å². The zero-order valence-electron chi connectivity index (χ0n) is 30.5. The summed E-state index contributed by atoms with van der Waals surface area (Å²) in [6, 6.07) is 0. The summed E-state index contributed by atoms with van der Waals surface area (Å²) in [6.45, 7) is 0.400. The van der Waals surface area contributed by atoms with E-state index in [9.17, 15) is 38.4 Å². The van der Waals surface area contributed by atoms with E-state index in [0.717, 1.165) is 55.4 Å². The average molecular weight is 683 g/mol. The molecule has 2 fully saturated rings. The van der Waals surface area contributed by atoms with Crippen molar-refractivity contribution in [1.29, 1.82) is 0 Å². The maximum atomic E-state index is 12.4. The minimum atomic E-state index is -3.29. The highest BCUT2D eigenvalue weighted by molar-refractivity contribution is 5.70. The smallest absolute Gasteiger partial charge is 0.305 e. The number of rotatable bonds is 12. The molecule has 2 aliphatic heterocycles. The second-order valence-electron chi connectivity index (χ2n) is 9.85. The van der Waals surface area contributed by atoms with Crippen molar-refractivity contribution in [1.82, 2.24) is 0 Å².